The maximum absolute atomic E-state index is 12.5. The van der Waals surface area contributed by atoms with Crippen molar-refractivity contribution < 1.29 is 4.79 Å². The minimum absolute atomic E-state index is 0.212. The monoisotopic (exact) mass is 393 g/mol. The van der Waals surface area contributed by atoms with Crippen molar-refractivity contribution >= 4 is 50.5 Å². The Morgan fingerprint density at radius 3 is 2.61 bits per heavy atom. The molecule has 0 aliphatic carbocycles. The molecule has 120 valence electrons. The van der Waals surface area contributed by atoms with Gasteiger partial charge in [-0.25, -0.2) is 0 Å². The van der Waals surface area contributed by atoms with Crippen LogP contribution in [0.25, 0.3) is 0 Å². The molecule has 0 radical (unpaired) electrons. The SMILES string of the molecule is Nc1cc(Cl)c(NC(=O)c2ccccc2Br)cc1N1CCCC1. The number of carbonyl (C=O) groups excluding carboxylic acids is 1. The fourth-order valence-corrected chi connectivity index (χ4v) is 3.42. The van der Waals surface area contributed by atoms with E-state index in [2.05, 4.69) is 26.1 Å². The Morgan fingerprint density at radius 1 is 1.22 bits per heavy atom. The van der Waals surface area contributed by atoms with Crippen molar-refractivity contribution in [2.45, 2.75) is 12.8 Å². The molecule has 4 nitrogen and oxygen atoms in total. The highest BCUT2D eigenvalue weighted by molar-refractivity contribution is 9.10. The van der Waals surface area contributed by atoms with Gasteiger partial charge >= 0.3 is 0 Å². The van der Waals surface area contributed by atoms with Crippen LogP contribution in [0, 0.1) is 0 Å². The number of nitrogens with zero attached hydrogens (tertiary/aromatic N) is 1. The first-order chi connectivity index (χ1) is 11.1. The van der Waals surface area contributed by atoms with Crippen molar-refractivity contribution in [2.75, 3.05) is 29.0 Å². The van der Waals surface area contributed by atoms with Gasteiger partial charge in [-0.15, -0.1) is 0 Å². The molecule has 1 saturated heterocycles. The number of nitrogen functional groups attached to an aromatic ring is 1. The normalized spacial score (nSPS) is 14.1. The Kier molecular flexibility index (Phi) is 4.78. The van der Waals surface area contributed by atoms with E-state index in [0.717, 1.165) is 36.1 Å². The summed E-state index contributed by atoms with van der Waals surface area (Å²) in [5, 5.41) is 3.31. The molecule has 6 heteroatoms. The molecule has 0 spiro atoms. The molecule has 23 heavy (non-hydrogen) atoms. The van der Waals surface area contributed by atoms with Crippen LogP contribution in [-0.2, 0) is 0 Å². The van der Waals surface area contributed by atoms with E-state index >= 15 is 0 Å². The second kappa shape index (κ2) is 6.81. The highest BCUT2D eigenvalue weighted by Gasteiger charge is 2.18. The van der Waals surface area contributed by atoms with Crippen molar-refractivity contribution in [3.8, 4) is 0 Å². The third-order valence-corrected chi connectivity index (χ3v) is 4.93. The molecule has 0 atom stereocenters. The van der Waals surface area contributed by atoms with Gasteiger partial charge in [0.05, 0.1) is 27.6 Å². The zero-order chi connectivity index (χ0) is 16.4. The molecule has 2 aromatic rings. The molecule has 0 aromatic heterocycles. The molecule has 2 aromatic carbocycles. The summed E-state index contributed by atoms with van der Waals surface area (Å²) in [5.41, 5.74) is 8.78. The van der Waals surface area contributed by atoms with Crippen LogP contribution in [-0.4, -0.2) is 19.0 Å². The van der Waals surface area contributed by atoms with Crippen LogP contribution in [0.4, 0.5) is 17.1 Å². The summed E-state index contributed by atoms with van der Waals surface area (Å²) in [6.45, 7) is 1.95. The Labute approximate surface area is 148 Å². The average molecular weight is 395 g/mol. The topological polar surface area (TPSA) is 58.4 Å². The molecular formula is C17H17BrClN3O. The van der Waals surface area contributed by atoms with E-state index < -0.39 is 0 Å². The summed E-state index contributed by atoms with van der Waals surface area (Å²) in [6.07, 6.45) is 2.31. The number of hydrogen-bond donors (Lipinski definition) is 2. The average Bonchev–Trinajstić information content (AvgIpc) is 3.04. The van der Waals surface area contributed by atoms with E-state index in [4.69, 9.17) is 17.3 Å². The molecular weight excluding hydrogens is 378 g/mol. The summed E-state index contributed by atoms with van der Waals surface area (Å²) in [5.74, 6) is -0.212. The van der Waals surface area contributed by atoms with Crippen LogP contribution >= 0.6 is 27.5 Å². The number of anilines is 3. The summed E-state index contributed by atoms with van der Waals surface area (Å²) >= 11 is 9.64. The first kappa shape index (κ1) is 16.1. The first-order valence-corrected chi connectivity index (χ1v) is 8.63. The maximum Gasteiger partial charge on any atom is 0.256 e. The summed E-state index contributed by atoms with van der Waals surface area (Å²) in [7, 11) is 0. The third-order valence-electron chi connectivity index (χ3n) is 3.93. The predicted octanol–water partition coefficient (Wildman–Crippen LogP) is 4.54. The van der Waals surface area contributed by atoms with Crippen molar-refractivity contribution in [1.82, 2.24) is 0 Å². The van der Waals surface area contributed by atoms with Crippen LogP contribution in [0.3, 0.4) is 0 Å². The van der Waals surface area contributed by atoms with Gasteiger partial charge in [0.25, 0.3) is 5.91 Å². The van der Waals surface area contributed by atoms with Gasteiger partial charge in [0.15, 0.2) is 0 Å². The van der Waals surface area contributed by atoms with Crippen molar-refractivity contribution in [2.24, 2.45) is 0 Å². The molecule has 0 unspecified atom stereocenters. The van der Waals surface area contributed by atoms with E-state index in [1.165, 1.54) is 0 Å². The van der Waals surface area contributed by atoms with E-state index in [1.54, 1.807) is 12.1 Å². The molecule has 1 amide bonds. The van der Waals surface area contributed by atoms with Crippen molar-refractivity contribution in [1.29, 1.82) is 0 Å². The molecule has 1 fully saturated rings. The smallest absolute Gasteiger partial charge is 0.256 e. The van der Waals surface area contributed by atoms with Crippen LogP contribution in [0.2, 0.25) is 5.02 Å². The van der Waals surface area contributed by atoms with Crippen LogP contribution in [0.15, 0.2) is 40.9 Å². The summed E-state index contributed by atoms with van der Waals surface area (Å²) < 4.78 is 0.740. The van der Waals surface area contributed by atoms with Gasteiger partial charge in [0.1, 0.15) is 0 Å². The van der Waals surface area contributed by atoms with Gasteiger partial charge in [0, 0.05) is 17.6 Å². The summed E-state index contributed by atoms with van der Waals surface area (Å²) in [4.78, 5) is 14.7. The first-order valence-electron chi connectivity index (χ1n) is 7.46. The predicted molar refractivity (Wildman–Crippen MR) is 99.4 cm³/mol. The summed E-state index contributed by atoms with van der Waals surface area (Å²) in [6, 6.07) is 10.8. The van der Waals surface area contributed by atoms with Crippen molar-refractivity contribution in [3.05, 3.63) is 51.5 Å². The Morgan fingerprint density at radius 2 is 1.91 bits per heavy atom. The fourth-order valence-electron chi connectivity index (χ4n) is 2.74. The lowest BCUT2D eigenvalue weighted by atomic mass is 10.2. The highest BCUT2D eigenvalue weighted by atomic mass is 79.9. The fraction of sp³-hybridized carbons (Fsp3) is 0.235. The molecule has 3 N–H and O–H groups in total. The van der Waals surface area contributed by atoms with Crippen LogP contribution in [0.1, 0.15) is 23.2 Å². The van der Waals surface area contributed by atoms with Gasteiger partial charge in [-0.3, -0.25) is 4.79 Å². The Bertz CT molecular complexity index is 745. The number of nitrogens with two attached hydrogens (primary N) is 1. The van der Waals surface area contributed by atoms with Crippen molar-refractivity contribution in [3.63, 3.8) is 0 Å². The van der Waals surface area contributed by atoms with E-state index in [-0.39, 0.29) is 5.91 Å². The molecule has 1 heterocycles. The number of nitrogens with one attached hydrogen (secondary N) is 1. The second-order valence-corrected chi connectivity index (χ2v) is 6.78. The van der Waals surface area contributed by atoms with Gasteiger partial charge < -0.3 is 16.0 Å². The number of carbonyl (C=O) groups is 1. The largest absolute Gasteiger partial charge is 0.397 e. The highest BCUT2D eigenvalue weighted by Crippen LogP contribution is 2.35. The number of rotatable bonds is 3. The lowest BCUT2D eigenvalue weighted by molar-refractivity contribution is 0.102. The quantitative estimate of drug-likeness (QED) is 0.752. The second-order valence-electron chi connectivity index (χ2n) is 5.52. The number of benzene rings is 2. The van der Waals surface area contributed by atoms with E-state index in [0.29, 0.717) is 22.0 Å². The standard InChI is InChI=1S/C17H17BrClN3O/c18-12-6-2-1-5-11(12)17(23)21-15-10-16(14(20)9-13(15)19)22-7-3-4-8-22/h1-2,5-6,9-10H,3-4,7-8,20H2,(H,21,23). The van der Waals surface area contributed by atoms with E-state index in [9.17, 15) is 4.79 Å². The van der Waals surface area contributed by atoms with Crippen LogP contribution in [0.5, 0.6) is 0 Å². The van der Waals surface area contributed by atoms with E-state index in [1.807, 2.05) is 24.3 Å². The lowest BCUT2D eigenvalue weighted by Gasteiger charge is -2.21. The number of amides is 1. The minimum Gasteiger partial charge on any atom is -0.397 e. The maximum atomic E-state index is 12.5. The minimum atomic E-state index is -0.212. The molecule has 0 saturated carbocycles. The van der Waals surface area contributed by atoms with Gasteiger partial charge in [0.2, 0.25) is 0 Å². The lowest BCUT2D eigenvalue weighted by Crippen LogP contribution is -2.20. The molecule has 3 rings (SSSR count). The zero-order valence-electron chi connectivity index (χ0n) is 12.5. The van der Waals surface area contributed by atoms with Gasteiger partial charge in [-0.1, -0.05) is 23.7 Å². The zero-order valence-corrected chi connectivity index (χ0v) is 14.8. The number of halogens is 2. The Balaban J connectivity index is 1.89. The molecule has 0 bridgehead atoms. The van der Waals surface area contributed by atoms with Gasteiger partial charge in [-0.2, -0.15) is 0 Å². The van der Waals surface area contributed by atoms with Gasteiger partial charge in [-0.05, 0) is 53.0 Å². The molecule has 1 aliphatic rings. The number of hydrogen-bond acceptors (Lipinski definition) is 3. The Hall–Kier alpha value is -1.72. The third kappa shape index (κ3) is 3.46. The van der Waals surface area contributed by atoms with Crippen LogP contribution < -0.4 is 16.0 Å². The molecule has 1 aliphatic heterocycles.